The highest BCUT2D eigenvalue weighted by Gasteiger charge is 2.15. The first-order valence-electron chi connectivity index (χ1n) is 14.5. The fraction of sp³-hybridized carbons (Fsp3) is 0.303. The van der Waals surface area contributed by atoms with Crippen molar-refractivity contribution in [2.45, 2.75) is 38.3 Å². The molecule has 0 spiro atoms. The van der Waals surface area contributed by atoms with Crippen LogP contribution in [0, 0.1) is 0 Å². The van der Waals surface area contributed by atoms with Gasteiger partial charge in [-0.3, -0.25) is 9.78 Å². The number of pyridine rings is 1. The summed E-state index contributed by atoms with van der Waals surface area (Å²) >= 11 is 8.00. The molecule has 0 saturated carbocycles. The molecule has 9 nitrogen and oxygen atoms in total. The highest BCUT2D eigenvalue weighted by atomic mass is 79.9. The Morgan fingerprint density at radius 1 is 0.933 bits per heavy atom. The van der Waals surface area contributed by atoms with E-state index >= 15 is 0 Å². The summed E-state index contributed by atoms with van der Waals surface area (Å²) in [6, 6.07) is 20.0. The number of hydrogen-bond acceptors (Lipinski definition) is 8. The molecule has 2 fully saturated rings. The maximum absolute atomic E-state index is 11.1. The topological polar surface area (TPSA) is 148 Å². The van der Waals surface area contributed by atoms with Crippen LogP contribution in [0.2, 0.25) is 0 Å². The first-order chi connectivity index (χ1) is 21.6. The molecule has 0 radical (unpaired) electrons. The number of anilines is 1. The van der Waals surface area contributed by atoms with Gasteiger partial charge in [-0.2, -0.15) is 0 Å². The van der Waals surface area contributed by atoms with Crippen molar-refractivity contribution in [3.8, 4) is 0 Å². The molecule has 6 N–H and O–H groups in total. The lowest BCUT2D eigenvalue weighted by Gasteiger charge is -2.31. The third-order valence-corrected chi connectivity index (χ3v) is 9.26. The van der Waals surface area contributed by atoms with Gasteiger partial charge in [0.15, 0.2) is 5.78 Å². The quantitative estimate of drug-likeness (QED) is 0.141. The van der Waals surface area contributed by atoms with E-state index in [1.165, 1.54) is 17.0 Å². The number of H-pyrrole nitrogens is 1. The maximum Gasteiger partial charge on any atom is 0.345 e. The van der Waals surface area contributed by atoms with Gasteiger partial charge in [-0.05, 0) is 73.2 Å². The van der Waals surface area contributed by atoms with Crippen molar-refractivity contribution < 1.29 is 19.4 Å². The number of thiophene rings is 1. The summed E-state index contributed by atoms with van der Waals surface area (Å²) in [4.78, 5) is 31.5. The van der Waals surface area contributed by atoms with Crippen molar-refractivity contribution in [1.82, 2.24) is 9.97 Å². The number of carboxylic acids is 1. The number of aromatic carboxylic acids is 1. The fourth-order valence-corrected chi connectivity index (χ4v) is 6.48. The van der Waals surface area contributed by atoms with Gasteiger partial charge in [0.1, 0.15) is 4.88 Å². The number of aromatic amines is 1. The van der Waals surface area contributed by atoms with E-state index in [2.05, 4.69) is 58.9 Å². The molecule has 2 saturated heterocycles. The van der Waals surface area contributed by atoms with Crippen LogP contribution in [0.5, 0.6) is 0 Å². The van der Waals surface area contributed by atoms with Gasteiger partial charge in [-0.1, -0.05) is 44.0 Å². The average molecular weight is 760 g/mol. The van der Waals surface area contributed by atoms with Crippen LogP contribution in [0.15, 0.2) is 82.0 Å². The first kappa shape index (κ1) is 34.7. The van der Waals surface area contributed by atoms with Crippen LogP contribution in [0.25, 0.3) is 21.0 Å². The van der Waals surface area contributed by atoms with E-state index < -0.39 is 5.97 Å². The number of nitrogens with one attached hydrogen (secondary N) is 1. The first-order valence-corrected chi connectivity index (χ1v) is 16.9. The van der Waals surface area contributed by atoms with Crippen LogP contribution in [0.1, 0.15) is 46.3 Å². The van der Waals surface area contributed by atoms with Gasteiger partial charge in [0.2, 0.25) is 0 Å². The molecule has 0 bridgehead atoms. The van der Waals surface area contributed by atoms with Crippen molar-refractivity contribution in [3.63, 3.8) is 0 Å². The van der Waals surface area contributed by atoms with E-state index in [4.69, 9.17) is 21.3 Å². The largest absolute Gasteiger partial charge is 0.477 e. The Bertz CT molecular complexity index is 1610. The molecule has 1 atom stereocenters. The zero-order valence-electron chi connectivity index (χ0n) is 24.9. The number of aromatic nitrogens is 2. The van der Waals surface area contributed by atoms with Gasteiger partial charge >= 0.3 is 5.97 Å². The van der Waals surface area contributed by atoms with Crippen molar-refractivity contribution in [1.29, 1.82) is 0 Å². The highest BCUT2D eigenvalue weighted by molar-refractivity contribution is 9.10. The minimum atomic E-state index is -0.864. The number of carboxylic acid groups (broad SMARTS) is 1. The molecule has 0 amide bonds. The number of nitrogens with two attached hydrogens (primary N) is 2. The second kappa shape index (κ2) is 17.0. The van der Waals surface area contributed by atoms with Crippen LogP contribution in [0.3, 0.4) is 0 Å². The second-order valence-corrected chi connectivity index (χ2v) is 13.6. The Morgan fingerprint density at radius 2 is 1.60 bits per heavy atom. The van der Waals surface area contributed by atoms with Crippen molar-refractivity contribution in [2.75, 3.05) is 31.2 Å². The molecule has 5 heterocycles. The molecule has 2 aromatic carbocycles. The van der Waals surface area contributed by atoms with E-state index in [0.29, 0.717) is 22.7 Å². The Kier molecular flexibility index (Phi) is 13.1. The van der Waals surface area contributed by atoms with Gasteiger partial charge in [-0.15, -0.1) is 11.3 Å². The smallest absolute Gasteiger partial charge is 0.345 e. The molecule has 1 unspecified atom stereocenters. The molecule has 7 rings (SSSR count). The lowest BCUT2D eigenvalue weighted by molar-refractivity contribution is 0.0702. The van der Waals surface area contributed by atoms with Crippen LogP contribution < -0.4 is 16.4 Å². The number of fused-ring (bicyclic) bond motifs is 2. The molecular weight excluding hydrogens is 722 g/mol. The van der Waals surface area contributed by atoms with Gasteiger partial charge < -0.3 is 31.2 Å². The number of benzene rings is 2. The molecule has 2 aliphatic heterocycles. The number of ketones is 1. The summed E-state index contributed by atoms with van der Waals surface area (Å²) in [5.74, 6) is -0.801. The van der Waals surface area contributed by atoms with Crippen molar-refractivity contribution in [3.05, 3.63) is 92.6 Å². The summed E-state index contributed by atoms with van der Waals surface area (Å²) in [5.41, 5.74) is 14.2. The number of hydrogen-bond donors (Lipinski definition) is 4. The fourth-order valence-electron chi connectivity index (χ4n) is 4.66. The predicted octanol–water partition coefficient (Wildman–Crippen LogP) is 7.24. The zero-order chi connectivity index (χ0) is 32.3. The summed E-state index contributed by atoms with van der Waals surface area (Å²) in [6.07, 6.45) is 6.92. The van der Waals surface area contributed by atoms with E-state index in [-0.39, 0.29) is 5.78 Å². The number of piperidine rings is 1. The van der Waals surface area contributed by atoms with Gasteiger partial charge in [0.05, 0.1) is 12.3 Å². The van der Waals surface area contributed by atoms with Crippen LogP contribution in [-0.4, -0.2) is 65.2 Å². The van der Waals surface area contributed by atoms with Crippen LogP contribution >= 0.6 is 43.2 Å². The lowest BCUT2D eigenvalue weighted by Crippen LogP contribution is -2.39. The molecule has 12 heteroatoms. The number of ether oxygens (including phenoxy) is 1. The SMILES string of the molecule is CC(=O)c1cc2ccc(Br)cc2[nH]1.NC1CCN(c2ccncc2)CC1.NC1CCOC1.O=C(O)c1cc2ccc(Br)cc2s1. The lowest BCUT2D eigenvalue weighted by atomic mass is 10.1. The van der Waals surface area contributed by atoms with Gasteiger partial charge in [0, 0.05) is 81.3 Å². The normalized spacial score (nSPS) is 16.2. The van der Waals surface area contributed by atoms with Gasteiger partial charge in [0.25, 0.3) is 0 Å². The van der Waals surface area contributed by atoms with E-state index in [1.807, 2.05) is 54.9 Å². The second-order valence-electron chi connectivity index (χ2n) is 10.7. The van der Waals surface area contributed by atoms with Gasteiger partial charge in [-0.25, -0.2) is 4.79 Å². The van der Waals surface area contributed by atoms with Crippen LogP contribution in [0.4, 0.5) is 5.69 Å². The molecule has 0 aliphatic carbocycles. The Morgan fingerprint density at radius 3 is 2.18 bits per heavy atom. The Hall–Kier alpha value is -3.13. The number of carbonyl (C=O) groups is 2. The number of nitrogens with zero attached hydrogens (tertiary/aromatic N) is 2. The monoisotopic (exact) mass is 757 g/mol. The van der Waals surface area contributed by atoms with Crippen LogP contribution in [-0.2, 0) is 4.74 Å². The molecular formula is C33H37Br2N5O4S. The van der Waals surface area contributed by atoms with E-state index in [0.717, 1.165) is 75.5 Å². The van der Waals surface area contributed by atoms with E-state index in [9.17, 15) is 9.59 Å². The van der Waals surface area contributed by atoms with E-state index in [1.54, 1.807) is 13.0 Å². The molecule has 3 aromatic heterocycles. The average Bonchev–Trinajstić information content (AvgIpc) is 3.78. The number of rotatable bonds is 3. The summed E-state index contributed by atoms with van der Waals surface area (Å²) in [5, 5.41) is 10.8. The standard InChI is InChI=1S/C10H8BrNO.C10H15N3.C9H5BrO2S.C4H9NO/c1-6(13)9-4-7-2-3-8(11)5-10(7)12-9;11-9-3-7-13(8-4-9)10-1-5-12-6-2-10;10-6-2-1-5-3-8(9(11)12)13-7(5)4-6;5-4-1-2-6-3-4/h2-5,12H,1H3;1-2,5-6,9H,3-4,7-8,11H2;1-4H,(H,11,12);4H,1-3,5H2. The number of carbonyl (C=O) groups excluding carboxylic acids is 1. The summed E-state index contributed by atoms with van der Waals surface area (Å²) in [7, 11) is 0. The molecule has 2 aliphatic rings. The third-order valence-electron chi connectivity index (χ3n) is 7.19. The summed E-state index contributed by atoms with van der Waals surface area (Å²) in [6.45, 7) is 5.33. The molecule has 45 heavy (non-hydrogen) atoms. The maximum atomic E-state index is 11.1. The minimum absolute atomic E-state index is 0.0623. The minimum Gasteiger partial charge on any atom is -0.477 e. The third kappa shape index (κ3) is 10.7. The number of Topliss-reactive ketones (excluding diaryl/α,β-unsaturated/α-hetero) is 1. The highest BCUT2D eigenvalue weighted by Crippen LogP contribution is 2.28. The molecule has 5 aromatic rings. The number of halogens is 2. The molecule has 238 valence electrons. The van der Waals surface area contributed by atoms with Crippen molar-refractivity contribution in [2.24, 2.45) is 11.5 Å². The Balaban J connectivity index is 0.000000141. The van der Waals surface area contributed by atoms with Crippen molar-refractivity contribution >= 4 is 81.6 Å². The summed E-state index contributed by atoms with van der Waals surface area (Å²) < 4.78 is 7.91. The predicted molar refractivity (Wildman–Crippen MR) is 190 cm³/mol. The Labute approximate surface area is 283 Å². The zero-order valence-corrected chi connectivity index (χ0v) is 28.9.